The number of carbonyl (C=O) groups excluding carboxylic acids is 3. The van der Waals surface area contributed by atoms with Crippen molar-refractivity contribution in [1.29, 1.82) is 0 Å². The van der Waals surface area contributed by atoms with E-state index in [0.29, 0.717) is 33.9 Å². The molecular formula is C26H24N4O3S. The third-order valence-corrected chi connectivity index (χ3v) is 6.69. The minimum atomic E-state index is -0.745. The summed E-state index contributed by atoms with van der Waals surface area (Å²) in [4.78, 5) is 49.6. The van der Waals surface area contributed by atoms with Gasteiger partial charge >= 0.3 is 0 Å². The third kappa shape index (κ3) is 4.45. The van der Waals surface area contributed by atoms with Crippen molar-refractivity contribution in [2.75, 3.05) is 13.1 Å². The van der Waals surface area contributed by atoms with Crippen molar-refractivity contribution in [3.8, 4) is 11.3 Å². The highest BCUT2D eigenvalue weighted by atomic mass is 32.1. The van der Waals surface area contributed by atoms with E-state index < -0.39 is 11.9 Å². The number of hydrogen-bond acceptors (Lipinski definition) is 6. The Hall–Kier alpha value is -3.91. The molecule has 3 aromatic rings. The molecule has 0 saturated carbocycles. The first kappa shape index (κ1) is 23.3. The Bertz CT molecular complexity index is 1280. The predicted octanol–water partition coefficient (Wildman–Crippen LogP) is 4.31. The summed E-state index contributed by atoms with van der Waals surface area (Å²) >= 11 is 1.31. The Morgan fingerprint density at radius 1 is 1.24 bits per heavy atom. The molecule has 34 heavy (non-hydrogen) atoms. The van der Waals surface area contributed by atoms with E-state index in [4.69, 9.17) is 0 Å². The van der Waals surface area contributed by atoms with E-state index in [1.54, 1.807) is 24.3 Å². The lowest BCUT2D eigenvalue weighted by atomic mass is 10.1. The second-order valence-electron chi connectivity index (χ2n) is 7.82. The van der Waals surface area contributed by atoms with Crippen molar-refractivity contribution in [3.63, 3.8) is 0 Å². The highest BCUT2D eigenvalue weighted by Gasteiger charge is 2.38. The van der Waals surface area contributed by atoms with Crippen LogP contribution in [0.4, 0.5) is 5.69 Å². The van der Waals surface area contributed by atoms with E-state index in [9.17, 15) is 14.4 Å². The first-order valence-electron chi connectivity index (χ1n) is 10.8. The molecule has 0 radical (unpaired) electrons. The molecule has 1 fully saturated rings. The van der Waals surface area contributed by atoms with Crippen LogP contribution in [0.2, 0.25) is 0 Å². The maximum Gasteiger partial charge on any atom is 0.266 e. The number of rotatable bonds is 7. The lowest BCUT2D eigenvalue weighted by Gasteiger charge is -2.23. The second-order valence-corrected chi connectivity index (χ2v) is 9.03. The fraction of sp³-hybridized carbons (Fsp3) is 0.192. The molecule has 1 atom stereocenters. The first-order chi connectivity index (χ1) is 16.4. The number of nitrogens with one attached hydrogen (secondary N) is 1. The number of aromatic nitrogens is 1. The van der Waals surface area contributed by atoms with Crippen LogP contribution in [0.25, 0.3) is 17.3 Å². The molecule has 8 heteroatoms. The molecule has 0 spiro atoms. The van der Waals surface area contributed by atoms with Crippen LogP contribution in [0.3, 0.4) is 0 Å². The zero-order valence-electron chi connectivity index (χ0n) is 18.8. The van der Waals surface area contributed by atoms with Gasteiger partial charge in [-0.25, -0.2) is 4.98 Å². The number of Topliss-reactive ketones (excluding diaryl/α,β-unsaturated/α-hetero) is 1. The zero-order valence-corrected chi connectivity index (χ0v) is 19.6. The van der Waals surface area contributed by atoms with Crippen molar-refractivity contribution >= 4 is 47.4 Å². The number of hydrogen-bond donors (Lipinski definition) is 1. The molecule has 1 aromatic heterocycles. The van der Waals surface area contributed by atoms with E-state index in [-0.39, 0.29) is 24.7 Å². The highest BCUT2D eigenvalue weighted by molar-refractivity contribution is 7.14. The molecule has 1 unspecified atom stereocenters. The first-order valence-corrected chi connectivity index (χ1v) is 11.6. The number of ketones is 1. The molecule has 1 saturated heterocycles. The Kier molecular flexibility index (Phi) is 6.79. The molecule has 1 aliphatic rings. The van der Waals surface area contributed by atoms with E-state index in [1.807, 2.05) is 37.3 Å². The van der Waals surface area contributed by atoms with Gasteiger partial charge in [0.05, 0.1) is 22.0 Å². The summed E-state index contributed by atoms with van der Waals surface area (Å²) in [5, 5.41) is 3.56. The van der Waals surface area contributed by atoms with Crippen molar-refractivity contribution in [2.45, 2.75) is 19.4 Å². The lowest BCUT2D eigenvalue weighted by Crippen LogP contribution is -2.45. The minimum absolute atomic E-state index is 0.0107. The number of aliphatic imine (C=N–C) groups is 1. The smallest absolute Gasteiger partial charge is 0.266 e. The molecule has 7 nitrogen and oxygen atoms in total. The zero-order chi connectivity index (χ0) is 24.2. The number of amides is 2. The normalized spacial score (nSPS) is 15.3. The molecule has 2 aromatic carbocycles. The van der Waals surface area contributed by atoms with Crippen molar-refractivity contribution in [2.24, 2.45) is 4.99 Å². The fourth-order valence-electron chi connectivity index (χ4n) is 4.06. The number of aryl methyl sites for hydroxylation is 1. The van der Waals surface area contributed by atoms with Gasteiger partial charge in [-0.05, 0) is 19.7 Å². The van der Waals surface area contributed by atoms with Gasteiger partial charge in [0.15, 0.2) is 5.78 Å². The number of carbonyl (C=O) groups is 3. The Labute approximate surface area is 201 Å². The highest BCUT2D eigenvalue weighted by Crippen LogP contribution is 2.31. The number of para-hydroxylation sites is 1. The van der Waals surface area contributed by atoms with Crippen LogP contribution in [-0.4, -0.2) is 53.3 Å². The Morgan fingerprint density at radius 3 is 2.71 bits per heavy atom. The molecule has 172 valence electrons. The number of benzene rings is 2. The quantitative estimate of drug-likeness (QED) is 0.519. The van der Waals surface area contributed by atoms with Crippen molar-refractivity contribution in [1.82, 2.24) is 15.2 Å². The van der Waals surface area contributed by atoms with Gasteiger partial charge in [0, 0.05) is 30.6 Å². The molecule has 2 heterocycles. The van der Waals surface area contributed by atoms with Crippen LogP contribution in [0.5, 0.6) is 0 Å². The largest absolute Gasteiger partial charge is 0.349 e. The number of likely N-dealkylation sites (tertiary alicyclic amines) is 1. The van der Waals surface area contributed by atoms with Crippen LogP contribution in [0.1, 0.15) is 37.0 Å². The van der Waals surface area contributed by atoms with Gasteiger partial charge in [0.1, 0.15) is 10.9 Å². The molecule has 0 bridgehead atoms. The minimum Gasteiger partial charge on any atom is -0.349 e. The number of nitrogens with zero attached hydrogens (tertiary/aromatic N) is 3. The van der Waals surface area contributed by atoms with E-state index >= 15 is 0 Å². The van der Waals surface area contributed by atoms with Crippen LogP contribution in [0.15, 0.2) is 60.1 Å². The van der Waals surface area contributed by atoms with Gasteiger partial charge in [-0.1, -0.05) is 55.1 Å². The van der Waals surface area contributed by atoms with Crippen molar-refractivity contribution < 1.29 is 14.4 Å². The summed E-state index contributed by atoms with van der Waals surface area (Å²) in [6.07, 6.45) is 1.85. The van der Waals surface area contributed by atoms with E-state index in [2.05, 4.69) is 28.6 Å². The Balaban J connectivity index is 1.55. The monoisotopic (exact) mass is 472 g/mol. The van der Waals surface area contributed by atoms with Gasteiger partial charge in [0.2, 0.25) is 0 Å². The lowest BCUT2D eigenvalue weighted by molar-refractivity contribution is -0.119. The standard InChI is InChI=1S/C26H24N4O3S/c1-4-17-11-8-12-19(22(17)27-3)25(32)28-15-20-21(31)13-14-30(20)26(33)24-23(29-16(2)34-24)18-9-6-5-7-10-18/h4-12,20H,1,3,13-15H2,2H3,(H,28,32). The molecule has 1 aliphatic heterocycles. The van der Waals surface area contributed by atoms with Crippen LogP contribution in [0, 0.1) is 6.92 Å². The van der Waals surface area contributed by atoms with E-state index in [0.717, 1.165) is 10.6 Å². The molecule has 0 aliphatic carbocycles. The topological polar surface area (TPSA) is 91.7 Å². The average molecular weight is 473 g/mol. The maximum atomic E-state index is 13.5. The Morgan fingerprint density at radius 2 is 2.00 bits per heavy atom. The van der Waals surface area contributed by atoms with Crippen molar-refractivity contribution in [3.05, 3.63) is 76.1 Å². The molecular weight excluding hydrogens is 448 g/mol. The van der Waals surface area contributed by atoms with Gasteiger partial charge < -0.3 is 10.2 Å². The molecule has 4 rings (SSSR count). The summed E-state index contributed by atoms with van der Waals surface area (Å²) in [6, 6.07) is 13.9. The predicted molar refractivity (Wildman–Crippen MR) is 135 cm³/mol. The van der Waals surface area contributed by atoms with Gasteiger partial charge in [0.25, 0.3) is 11.8 Å². The maximum absolute atomic E-state index is 13.5. The molecule has 1 N–H and O–H groups in total. The van der Waals surface area contributed by atoms with Crippen LogP contribution in [-0.2, 0) is 4.79 Å². The second kappa shape index (κ2) is 9.93. The summed E-state index contributed by atoms with van der Waals surface area (Å²) in [5.74, 6) is -0.730. The van der Waals surface area contributed by atoms with Gasteiger partial charge in [-0.15, -0.1) is 11.3 Å². The van der Waals surface area contributed by atoms with Crippen LogP contribution >= 0.6 is 11.3 Å². The number of thiazole rings is 1. The van der Waals surface area contributed by atoms with E-state index in [1.165, 1.54) is 16.2 Å². The van der Waals surface area contributed by atoms with Crippen LogP contribution < -0.4 is 5.32 Å². The summed E-state index contributed by atoms with van der Waals surface area (Å²) in [6.45, 7) is 9.44. The third-order valence-electron chi connectivity index (χ3n) is 5.73. The van der Waals surface area contributed by atoms with Gasteiger partial charge in [-0.3, -0.25) is 19.4 Å². The SMILES string of the molecule is C=Cc1cccc(C(=O)NCC2C(=O)CCN2C(=O)c2sc(C)nc2-c2ccccc2)c1N=C. The fourth-order valence-corrected chi connectivity index (χ4v) is 4.96. The summed E-state index contributed by atoms with van der Waals surface area (Å²) < 4.78 is 0. The summed E-state index contributed by atoms with van der Waals surface area (Å²) in [5.41, 5.74) is 2.90. The molecule has 2 amide bonds. The summed E-state index contributed by atoms with van der Waals surface area (Å²) in [7, 11) is 0. The average Bonchev–Trinajstić information content (AvgIpc) is 3.44. The van der Waals surface area contributed by atoms with Gasteiger partial charge in [-0.2, -0.15) is 0 Å².